The summed E-state index contributed by atoms with van der Waals surface area (Å²) in [6.07, 6.45) is 0. The first-order chi connectivity index (χ1) is 13.3. The number of piperazine rings is 1. The summed E-state index contributed by atoms with van der Waals surface area (Å²) in [5.74, 6) is -0.417. The van der Waals surface area contributed by atoms with Crippen LogP contribution in [0, 0.1) is 0 Å². The molecule has 3 amide bonds. The predicted octanol–water partition coefficient (Wildman–Crippen LogP) is 2.42. The van der Waals surface area contributed by atoms with E-state index in [4.69, 9.17) is 23.2 Å². The third-order valence-electron chi connectivity index (χ3n) is 4.09. The highest BCUT2D eigenvalue weighted by atomic mass is 35.5. The Balaban J connectivity index is 1.57. The Morgan fingerprint density at radius 3 is 2.36 bits per heavy atom. The molecule has 0 radical (unpaired) electrons. The van der Waals surface area contributed by atoms with Crippen molar-refractivity contribution in [3.8, 4) is 0 Å². The number of hydrogen-bond donors (Lipinski definition) is 2. The van der Waals surface area contributed by atoms with Gasteiger partial charge in [0.05, 0.1) is 14.9 Å². The van der Waals surface area contributed by atoms with E-state index in [1.54, 1.807) is 17.5 Å². The summed E-state index contributed by atoms with van der Waals surface area (Å²) in [5.41, 5.74) is 4.66. The van der Waals surface area contributed by atoms with Crippen molar-refractivity contribution in [3.63, 3.8) is 0 Å². The molecule has 0 unspecified atom stereocenters. The molecule has 1 fully saturated rings. The predicted molar refractivity (Wildman–Crippen MR) is 107 cm³/mol. The van der Waals surface area contributed by atoms with E-state index in [1.165, 1.54) is 38.7 Å². The molecule has 8 nitrogen and oxygen atoms in total. The van der Waals surface area contributed by atoms with Crippen LogP contribution < -0.4 is 10.9 Å². The highest BCUT2D eigenvalue weighted by molar-refractivity contribution is 7.89. The number of rotatable bonds is 3. The number of sulfonamides is 1. The summed E-state index contributed by atoms with van der Waals surface area (Å²) >= 11 is 13.2. The molecule has 0 spiro atoms. The Labute approximate surface area is 176 Å². The van der Waals surface area contributed by atoms with Gasteiger partial charge in [0.1, 0.15) is 4.90 Å². The fourth-order valence-corrected chi connectivity index (χ4v) is 5.39. The monoisotopic (exact) mass is 462 g/mol. The van der Waals surface area contributed by atoms with Crippen LogP contribution in [0.25, 0.3) is 0 Å². The van der Waals surface area contributed by atoms with E-state index in [2.05, 4.69) is 10.9 Å². The number of hydrazine groups is 1. The number of carbonyl (C=O) groups excluding carboxylic acids is 2. The van der Waals surface area contributed by atoms with E-state index in [0.717, 1.165) is 0 Å². The van der Waals surface area contributed by atoms with Crippen LogP contribution in [0.3, 0.4) is 0 Å². The van der Waals surface area contributed by atoms with Gasteiger partial charge in [0.25, 0.3) is 5.91 Å². The molecule has 0 aliphatic carbocycles. The van der Waals surface area contributed by atoms with Crippen molar-refractivity contribution in [2.45, 2.75) is 4.90 Å². The van der Waals surface area contributed by atoms with Crippen molar-refractivity contribution >= 4 is 56.5 Å². The second-order valence-corrected chi connectivity index (χ2v) is 9.44. The highest BCUT2D eigenvalue weighted by Gasteiger charge is 2.32. The van der Waals surface area contributed by atoms with Crippen molar-refractivity contribution in [2.24, 2.45) is 0 Å². The lowest BCUT2D eigenvalue weighted by molar-refractivity contribution is 0.0931. The van der Waals surface area contributed by atoms with Crippen molar-refractivity contribution in [1.29, 1.82) is 0 Å². The number of nitrogens with one attached hydrogen (secondary N) is 2. The molecule has 1 aliphatic heterocycles. The van der Waals surface area contributed by atoms with Crippen molar-refractivity contribution in [1.82, 2.24) is 20.1 Å². The number of thiophene rings is 1. The number of amides is 3. The average molecular weight is 463 g/mol. The van der Waals surface area contributed by atoms with Gasteiger partial charge in [-0.3, -0.25) is 10.2 Å². The number of urea groups is 1. The van der Waals surface area contributed by atoms with Gasteiger partial charge in [0.2, 0.25) is 10.0 Å². The zero-order valence-electron chi connectivity index (χ0n) is 14.4. The third kappa shape index (κ3) is 4.41. The molecule has 1 saturated heterocycles. The van der Waals surface area contributed by atoms with Crippen molar-refractivity contribution in [2.75, 3.05) is 26.2 Å². The summed E-state index contributed by atoms with van der Waals surface area (Å²) in [6, 6.07) is 7.27. The molecule has 150 valence electrons. The lowest BCUT2D eigenvalue weighted by atomic mass is 10.4. The molecular formula is C16H16Cl2N4O4S2. The maximum absolute atomic E-state index is 12.8. The minimum atomic E-state index is -3.83. The molecule has 2 heterocycles. The first kappa shape index (κ1) is 20.9. The lowest BCUT2D eigenvalue weighted by Gasteiger charge is -2.34. The summed E-state index contributed by atoms with van der Waals surface area (Å²) in [7, 11) is -3.83. The number of nitrogens with zero attached hydrogens (tertiary/aromatic N) is 2. The van der Waals surface area contributed by atoms with E-state index in [-0.39, 0.29) is 41.1 Å². The SMILES string of the molecule is O=C(NNC(=O)N1CCN(S(=O)(=O)c2cccc(Cl)c2Cl)CC1)c1cccs1. The topological polar surface area (TPSA) is 98.8 Å². The van der Waals surface area contributed by atoms with E-state index >= 15 is 0 Å². The van der Waals surface area contributed by atoms with Crippen LogP contribution in [0.2, 0.25) is 10.0 Å². The van der Waals surface area contributed by atoms with E-state index in [1.807, 2.05) is 0 Å². The minimum Gasteiger partial charge on any atom is -0.321 e. The van der Waals surface area contributed by atoms with Gasteiger partial charge in [0, 0.05) is 26.2 Å². The molecule has 0 saturated carbocycles. The van der Waals surface area contributed by atoms with E-state index in [9.17, 15) is 18.0 Å². The largest absolute Gasteiger partial charge is 0.336 e. The summed E-state index contributed by atoms with van der Waals surface area (Å²) in [4.78, 5) is 25.9. The van der Waals surface area contributed by atoms with Crippen LogP contribution in [0.1, 0.15) is 9.67 Å². The number of carbonyl (C=O) groups is 2. The molecule has 12 heteroatoms. The van der Waals surface area contributed by atoms with Gasteiger partial charge in [-0.15, -0.1) is 11.3 Å². The number of benzene rings is 1. The Morgan fingerprint density at radius 2 is 1.71 bits per heavy atom. The summed E-state index contributed by atoms with van der Waals surface area (Å²) in [5, 5.41) is 1.88. The van der Waals surface area contributed by atoms with Gasteiger partial charge in [-0.1, -0.05) is 35.3 Å². The molecular weight excluding hydrogens is 447 g/mol. The smallest absolute Gasteiger partial charge is 0.321 e. The van der Waals surface area contributed by atoms with Crippen molar-refractivity contribution in [3.05, 3.63) is 50.6 Å². The molecule has 28 heavy (non-hydrogen) atoms. The second-order valence-electron chi connectivity index (χ2n) is 5.80. The molecule has 3 rings (SSSR count). The Hall–Kier alpha value is -1.85. The van der Waals surface area contributed by atoms with Crippen LogP contribution in [0.5, 0.6) is 0 Å². The minimum absolute atomic E-state index is 0.0272. The molecule has 1 aliphatic rings. The van der Waals surface area contributed by atoms with Crippen LogP contribution in [-0.2, 0) is 10.0 Å². The maximum Gasteiger partial charge on any atom is 0.336 e. The molecule has 0 atom stereocenters. The molecule has 2 N–H and O–H groups in total. The summed E-state index contributed by atoms with van der Waals surface area (Å²) in [6.45, 7) is 0.519. The van der Waals surface area contributed by atoms with Gasteiger partial charge >= 0.3 is 6.03 Å². The average Bonchev–Trinajstić information content (AvgIpc) is 3.23. The molecule has 1 aromatic heterocycles. The van der Waals surface area contributed by atoms with Crippen LogP contribution in [0.4, 0.5) is 4.79 Å². The Bertz CT molecular complexity index is 975. The van der Waals surface area contributed by atoms with E-state index < -0.39 is 22.0 Å². The lowest BCUT2D eigenvalue weighted by Crippen LogP contribution is -2.55. The third-order valence-corrected chi connectivity index (χ3v) is 7.83. The van der Waals surface area contributed by atoms with Crippen LogP contribution in [0.15, 0.2) is 40.6 Å². The second kappa shape index (κ2) is 8.66. The molecule has 0 bridgehead atoms. The van der Waals surface area contributed by atoms with Gasteiger partial charge in [0.15, 0.2) is 0 Å². The van der Waals surface area contributed by atoms with Gasteiger partial charge in [-0.05, 0) is 23.6 Å². The maximum atomic E-state index is 12.8. The number of halogens is 2. The standard InChI is InChI=1S/C16H16Cl2N4O4S2/c17-11-3-1-5-13(14(11)18)28(25,26)22-8-6-21(7-9-22)16(24)20-19-15(23)12-4-2-10-27-12/h1-5,10H,6-9H2,(H,19,23)(H,20,24). The van der Waals surface area contributed by atoms with E-state index in [0.29, 0.717) is 4.88 Å². The Kier molecular flexibility index (Phi) is 6.46. The molecule has 2 aromatic rings. The van der Waals surface area contributed by atoms with Gasteiger partial charge < -0.3 is 4.90 Å². The Morgan fingerprint density at radius 1 is 1.00 bits per heavy atom. The van der Waals surface area contributed by atoms with Crippen molar-refractivity contribution < 1.29 is 18.0 Å². The fraction of sp³-hybridized carbons (Fsp3) is 0.250. The molecule has 1 aromatic carbocycles. The zero-order valence-corrected chi connectivity index (χ0v) is 17.5. The first-order valence-corrected chi connectivity index (χ1v) is 11.2. The van der Waals surface area contributed by atoms with Crippen LogP contribution in [-0.4, -0.2) is 55.7 Å². The van der Waals surface area contributed by atoms with Crippen LogP contribution >= 0.6 is 34.5 Å². The quantitative estimate of drug-likeness (QED) is 0.684. The fourth-order valence-electron chi connectivity index (χ4n) is 2.61. The van der Waals surface area contributed by atoms with Gasteiger partial charge in [-0.2, -0.15) is 4.31 Å². The number of hydrogen-bond acceptors (Lipinski definition) is 5. The highest BCUT2D eigenvalue weighted by Crippen LogP contribution is 2.31. The van der Waals surface area contributed by atoms with Gasteiger partial charge in [-0.25, -0.2) is 18.6 Å². The normalized spacial score (nSPS) is 15.3. The summed E-state index contributed by atoms with van der Waals surface area (Å²) < 4.78 is 26.8. The first-order valence-electron chi connectivity index (χ1n) is 8.13. The zero-order chi connectivity index (χ0) is 20.3.